The van der Waals surface area contributed by atoms with Crippen molar-refractivity contribution in [1.29, 1.82) is 0 Å². The van der Waals surface area contributed by atoms with Crippen LogP contribution in [0.4, 0.5) is 5.69 Å². The average Bonchev–Trinajstić information content (AvgIpc) is 2.47. The Bertz CT molecular complexity index is 757. The molecule has 1 unspecified atom stereocenters. The lowest BCUT2D eigenvalue weighted by atomic mass is 10.1. The van der Waals surface area contributed by atoms with Crippen molar-refractivity contribution in [2.45, 2.75) is 24.3 Å². The van der Waals surface area contributed by atoms with Crippen LogP contribution in [-0.4, -0.2) is 26.9 Å². The zero-order valence-electron chi connectivity index (χ0n) is 12.1. The van der Waals surface area contributed by atoms with Crippen molar-refractivity contribution < 1.29 is 9.59 Å². The van der Waals surface area contributed by atoms with E-state index in [0.717, 1.165) is 11.8 Å². The second-order valence-electron chi connectivity index (χ2n) is 4.63. The van der Waals surface area contributed by atoms with E-state index < -0.39 is 5.25 Å². The van der Waals surface area contributed by atoms with Crippen molar-refractivity contribution in [2.24, 2.45) is 0 Å². The van der Waals surface area contributed by atoms with Gasteiger partial charge in [-0.05, 0) is 26.0 Å². The lowest BCUT2D eigenvalue weighted by Gasteiger charge is -2.11. The Labute approximate surface area is 131 Å². The molecule has 0 aliphatic rings. The fourth-order valence-corrected chi connectivity index (χ4v) is 2.47. The van der Waals surface area contributed by atoms with Crippen LogP contribution in [0.15, 0.2) is 46.5 Å². The largest absolute Gasteiger partial charge is 0.325 e. The van der Waals surface area contributed by atoms with Crippen LogP contribution in [0, 0.1) is 0 Å². The number of carbonyl (C=O) groups is 2. The van der Waals surface area contributed by atoms with Crippen LogP contribution in [0.2, 0.25) is 0 Å². The first-order chi connectivity index (χ1) is 10.5. The van der Waals surface area contributed by atoms with Gasteiger partial charge in [0.2, 0.25) is 5.91 Å². The molecule has 114 valence electrons. The number of rotatable bonds is 5. The first kappa shape index (κ1) is 16.0. The van der Waals surface area contributed by atoms with Crippen molar-refractivity contribution in [3.05, 3.63) is 52.4 Å². The predicted molar refractivity (Wildman–Crippen MR) is 85.3 cm³/mol. The highest BCUT2D eigenvalue weighted by Crippen LogP contribution is 2.20. The Morgan fingerprint density at radius 1 is 1.32 bits per heavy atom. The molecule has 0 fully saturated rings. The summed E-state index contributed by atoms with van der Waals surface area (Å²) in [6, 6.07) is 8.04. The van der Waals surface area contributed by atoms with Crippen molar-refractivity contribution >= 4 is 29.1 Å². The van der Waals surface area contributed by atoms with Crippen LogP contribution in [0.1, 0.15) is 24.2 Å². The Kier molecular flexibility index (Phi) is 5.11. The predicted octanol–water partition coefficient (Wildman–Crippen LogP) is 2.09. The van der Waals surface area contributed by atoms with E-state index in [2.05, 4.69) is 15.3 Å². The molecule has 1 heterocycles. The van der Waals surface area contributed by atoms with E-state index in [0.29, 0.717) is 16.4 Å². The molecule has 1 amide bonds. The van der Waals surface area contributed by atoms with Gasteiger partial charge in [-0.1, -0.05) is 23.9 Å². The highest BCUT2D eigenvalue weighted by Gasteiger charge is 2.16. The van der Waals surface area contributed by atoms with Gasteiger partial charge in [0.05, 0.1) is 5.25 Å². The molecule has 0 saturated heterocycles. The average molecular weight is 317 g/mol. The second-order valence-corrected chi connectivity index (χ2v) is 5.96. The molecule has 1 aromatic carbocycles. The second kappa shape index (κ2) is 7.04. The number of aromatic amines is 1. The van der Waals surface area contributed by atoms with Crippen LogP contribution in [-0.2, 0) is 4.79 Å². The van der Waals surface area contributed by atoms with E-state index in [1.165, 1.54) is 19.2 Å². The van der Waals surface area contributed by atoms with Crippen LogP contribution in [0.25, 0.3) is 0 Å². The molecule has 2 rings (SSSR count). The van der Waals surface area contributed by atoms with E-state index in [1.807, 2.05) is 0 Å². The molecule has 6 nitrogen and oxygen atoms in total. The van der Waals surface area contributed by atoms with Gasteiger partial charge < -0.3 is 10.3 Å². The van der Waals surface area contributed by atoms with Crippen molar-refractivity contribution in [1.82, 2.24) is 9.97 Å². The number of hydrogen-bond acceptors (Lipinski definition) is 5. The summed E-state index contributed by atoms with van der Waals surface area (Å²) in [5.74, 6) is -0.304. The van der Waals surface area contributed by atoms with Crippen LogP contribution in [0.5, 0.6) is 0 Å². The number of aromatic nitrogens is 2. The molecule has 0 aliphatic carbocycles. The number of ketones is 1. The first-order valence-electron chi connectivity index (χ1n) is 6.59. The van der Waals surface area contributed by atoms with E-state index in [4.69, 9.17) is 0 Å². The Hall–Kier alpha value is -2.41. The number of Topliss-reactive ketones (excluding diaryl/α,β-unsaturated/α-hetero) is 1. The van der Waals surface area contributed by atoms with Crippen molar-refractivity contribution in [3.63, 3.8) is 0 Å². The Morgan fingerprint density at radius 2 is 2.09 bits per heavy atom. The van der Waals surface area contributed by atoms with Gasteiger partial charge >= 0.3 is 0 Å². The maximum atomic E-state index is 12.1. The molecule has 1 atom stereocenters. The van der Waals surface area contributed by atoms with Crippen LogP contribution < -0.4 is 10.9 Å². The fourth-order valence-electron chi connectivity index (χ4n) is 1.69. The highest BCUT2D eigenvalue weighted by atomic mass is 32.2. The van der Waals surface area contributed by atoms with Gasteiger partial charge in [0.15, 0.2) is 10.9 Å². The molecule has 22 heavy (non-hydrogen) atoms. The molecule has 2 N–H and O–H groups in total. The maximum absolute atomic E-state index is 12.1. The fraction of sp³-hybridized carbons (Fsp3) is 0.200. The summed E-state index contributed by atoms with van der Waals surface area (Å²) < 4.78 is 0. The number of thioether (sulfide) groups is 1. The summed E-state index contributed by atoms with van der Waals surface area (Å²) in [5.41, 5.74) is 0.825. The zero-order valence-corrected chi connectivity index (χ0v) is 12.9. The minimum Gasteiger partial charge on any atom is -0.325 e. The minimum absolute atomic E-state index is 0.0652. The Morgan fingerprint density at radius 3 is 2.77 bits per heavy atom. The number of nitrogens with zero attached hydrogens (tertiary/aromatic N) is 1. The summed E-state index contributed by atoms with van der Waals surface area (Å²) in [7, 11) is 0. The van der Waals surface area contributed by atoms with Gasteiger partial charge in [0.25, 0.3) is 5.56 Å². The summed E-state index contributed by atoms with van der Waals surface area (Å²) in [6.07, 6.45) is 1.39. The molecule has 0 spiro atoms. The van der Waals surface area contributed by atoms with Crippen molar-refractivity contribution in [3.8, 4) is 0 Å². The smallest absolute Gasteiger partial charge is 0.251 e. The van der Waals surface area contributed by atoms with E-state index in [1.54, 1.807) is 31.2 Å². The number of amides is 1. The van der Waals surface area contributed by atoms with E-state index in [-0.39, 0.29) is 17.2 Å². The van der Waals surface area contributed by atoms with Gasteiger partial charge in [0.1, 0.15) is 0 Å². The third-order valence-electron chi connectivity index (χ3n) is 2.84. The highest BCUT2D eigenvalue weighted by molar-refractivity contribution is 8.00. The minimum atomic E-state index is -0.452. The summed E-state index contributed by atoms with van der Waals surface area (Å²) >= 11 is 1.15. The lowest BCUT2D eigenvalue weighted by molar-refractivity contribution is -0.115. The van der Waals surface area contributed by atoms with Gasteiger partial charge in [-0.15, -0.1) is 0 Å². The third kappa shape index (κ3) is 4.29. The van der Waals surface area contributed by atoms with Gasteiger partial charge in [-0.3, -0.25) is 14.4 Å². The monoisotopic (exact) mass is 317 g/mol. The topological polar surface area (TPSA) is 91.9 Å². The molecule has 0 saturated carbocycles. The van der Waals surface area contributed by atoms with Crippen LogP contribution in [0.3, 0.4) is 0 Å². The number of carbonyl (C=O) groups excluding carboxylic acids is 2. The molecule has 0 aliphatic heterocycles. The third-order valence-corrected chi connectivity index (χ3v) is 3.84. The van der Waals surface area contributed by atoms with Gasteiger partial charge in [-0.25, -0.2) is 4.98 Å². The first-order valence-corrected chi connectivity index (χ1v) is 7.47. The summed E-state index contributed by atoms with van der Waals surface area (Å²) in [4.78, 5) is 41.2. The van der Waals surface area contributed by atoms with E-state index in [9.17, 15) is 14.4 Å². The summed E-state index contributed by atoms with van der Waals surface area (Å²) in [6.45, 7) is 3.18. The lowest BCUT2D eigenvalue weighted by Crippen LogP contribution is -2.23. The Balaban J connectivity index is 2.03. The molecular formula is C15H15N3O3S. The normalized spacial score (nSPS) is 11.7. The summed E-state index contributed by atoms with van der Waals surface area (Å²) in [5, 5.41) is 2.67. The SMILES string of the molecule is CC(=O)c1cccc(NC(=O)C(C)Sc2nccc(=O)[nH]2)c1. The standard InChI is InChI=1S/C15H15N3O3S/c1-9(19)11-4-3-5-12(8-11)17-14(21)10(2)22-15-16-7-6-13(20)18-15/h3-8,10H,1-2H3,(H,17,21)(H,16,18,20). The van der Waals surface area contributed by atoms with Gasteiger partial charge in [-0.2, -0.15) is 0 Å². The molecule has 0 radical (unpaired) electrons. The molecular weight excluding hydrogens is 302 g/mol. The zero-order chi connectivity index (χ0) is 16.1. The quantitative estimate of drug-likeness (QED) is 0.500. The molecule has 0 bridgehead atoms. The number of H-pyrrole nitrogens is 1. The molecule has 7 heteroatoms. The number of nitrogens with one attached hydrogen (secondary N) is 2. The molecule has 1 aromatic heterocycles. The van der Waals surface area contributed by atoms with Gasteiger partial charge in [0, 0.05) is 23.5 Å². The molecule has 2 aromatic rings. The van der Waals surface area contributed by atoms with E-state index >= 15 is 0 Å². The number of anilines is 1. The van der Waals surface area contributed by atoms with Crippen LogP contribution >= 0.6 is 11.8 Å². The number of benzene rings is 1. The van der Waals surface area contributed by atoms with Crippen molar-refractivity contribution in [2.75, 3.05) is 5.32 Å². The number of hydrogen-bond donors (Lipinski definition) is 2. The maximum Gasteiger partial charge on any atom is 0.251 e.